The molecule has 0 atom stereocenters. The highest BCUT2D eigenvalue weighted by Crippen LogP contribution is 2.23. The van der Waals surface area contributed by atoms with E-state index in [9.17, 15) is 0 Å². The van der Waals surface area contributed by atoms with E-state index >= 15 is 0 Å². The minimum Gasteiger partial charge on any atom is -0.398 e. The molecule has 0 saturated carbocycles. The molecule has 0 unspecified atom stereocenters. The number of aromatic nitrogens is 2. The first-order valence-corrected chi connectivity index (χ1v) is 6.46. The lowest BCUT2D eigenvalue weighted by molar-refractivity contribution is 0.385. The van der Waals surface area contributed by atoms with Crippen molar-refractivity contribution >= 4 is 5.69 Å². The summed E-state index contributed by atoms with van der Waals surface area (Å²) in [4.78, 5) is 4.42. The van der Waals surface area contributed by atoms with Gasteiger partial charge in [-0.05, 0) is 30.2 Å². The summed E-state index contributed by atoms with van der Waals surface area (Å²) in [5, 5.41) is 4.01. The number of nitrogens with zero attached hydrogens (tertiary/aromatic N) is 2. The van der Waals surface area contributed by atoms with Gasteiger partial charge < -0.3 is 10.3 Å². The van der Waals surface area contributed by atoms with Gasteiger partial charge in [-0.3, -0.25) is 0 Å². The fourth-order valence-electron chi connectivity index (χ4n) is 2.11. The predicted molar refractivity (Wildman–Crippen MR) is 78.1 cm³/mol. The van der Waals surface area contributed by atoms with Crippen LogP contribution in [0.2, 0.25) is 0 Å². The summed E-state index contributed by atoms with van der Waals surface area (Å²) in [6, 6.07) is 15.7. The Morgan fingerprint density at radius 1 is 1.05 bits per heavy atom. The minimum atomic E-state index is 0.534. The van der Waals surface area contributed by atoms with Crippen molar-refractivity contribution in [2.45, 2.75) is 13.3 Å². The number of anilines is 1. The molecular weight excluding hydrogens is 250 g/mol. The molecule has 1 heterocycles. The zero-order valence-corrected chi connectivity index (χ0v) is 11.2. The third-order valence-electron chi connectivity index (χ3n) is 3.27. The lowest BCUT2D eigenvalue weighted by Gasteiger charge is -2.01. The number of nitrogens with two attached hydrogens (primary N) is 1. The Balaban J connectivity index is 1.88. The topological polar surface area (TPSA) is 64.9 Å². The molecule has 0 spiro atoms. The maximum Gasteiger partial charge on any atom is 0.231 e. The van der Waals surface area contributed by atoms with Crippen LogP contribution in [0.15, 0.2) is 53.1 Å². The highest BCUT2D eigenvalue weighted by atomic mass is 16.5. The number of hydrogen-bond donors (Lipinski definition) is 1. The third-order valence-corrected chi connectivity index (χ3v) is 3.27. The average molecular weight is 265 g/mol. The largest absolute Gasteiger partial charge is 0.398 e. The van der Waals surface area contributed by atoms with E-state index in [0.29, 0.717) is 23.8 Å². The lowest BCUT2D eigenvalue weighted by atomic mass is 10.1. The molecule has 0 aliphatic rings. The van der Waals surface area contributed by atoms with Crippen molar-refractivity contribution in [3.8, 4) is 11.4 Å². The predicted octanol–water partition coefficient (Wildman–Crippen LogP) is 3.22. The van der Waals surface area contributed by atoms with E-state index in [0.717, 1.165) is 5.56 Å². The minimum absolute atomic E-state index is 0.534. The van der Waals surface area contributed by atoms with Gasteiger partial charge in [-0.2, -0.15) is 4.98 Å². The fraction of sp³-hybridized carbons (Fsp3) is 0.125. The summed E-state index contributed by atoms with van der Waals surface area (Å²) >= 11 is 0. The van der Waals surface area contributed by atoms with Crippen molar-refractivity contribution in [1.82, 2.24) is 10.1 Å². The molecule has 1 aromatic heterocycles. The maximum absolute atomic E-state index is 5.92. The second-order valence-corrected chi connectivity index (χ2v) is 4.70. The van der Waals surface area contributed by atoms with Crippen LogP contribution in [0.25, 0.3) is 11.4 Å². The quantitative estimate of drug-likeness (QED) is 0.738. The highest BCUT2D eigenvalue weighted by molar-refractivity contribution is 5.70. The first-order valence-electron chi connectivity index (χ1n) is 6.46. The van der Waals surface area contributed by atoms with Gasteiger partial charge >= 0.3 is 0 Å². The van der Waals surface area contributed by atoms with Gasteiger partial charge in [0.25, 0.3) is 0 Å². The molecule has 0 radical (unpaired) electrons. The molecule has 0 aliphatic heterocycles. The normalized spacial score (nSPS) is 10.7. The van der Waals surface area contributed by atoms with Gasteiger partial charge in [0.2, 0.25) is 11.7 Å². The Labute approximate surface area is 117 Å². The number of aryl methyl sites for hydroxylation is 1. The first-order chi connectivity index (χ1) is 9.74. The molecule has 3 aromatic rings. The van der Waals surface area contributed by atoms with Crippen molar-refractivity contribution in [2.24, 2.45) is 0 Å². The molecule has 0 amide bonds. The molecule has 0 bridgehead atoms. The standard InChI is InChI=1S/C16H15N3O/c1-11-6-2-3-7-12(11)10-15-18-16(19-20-15)13-8-4-5-9-14(13)17/h2-9H,10,17H2,1H3. The lowest BCUT2D eigenvalue weighted by Crippen LogP contribution is -1.93. The van der Waals surface area contributed by atoms with E-state index < -0.39 is 0 Å². The van der Waals surface area contributed by atoms with E-state index in [-0.39, 0.29) is 0 Å². The van der Waals surface area contributed by atoms with Crippen LogP contribution in [-0.2, 0) is 6.42 Å². The summed E-state index contributed by atoms with van der Waals surface area (Å²) in [6.45, 7) is 2.07. The SMILES string of the molecule is Cc1ccccc1Cc1nc(-c2ccccc2N)no1. The Bertz CT molecular complexity index is 734. The van der Waals surface area contributed by atoms with Gasteiger partial charge in [-0.15, -0.1) is 0 Å². The zero-order valence-electron chi connectivity index (χ0n) is 11.2. The Morgan fingerprint density at radius 2 is 1.80 bits per heavy atom. The van der Waals surface area contributed by atoms with Crippen LogP contribution in [-0.4, -0.2) is 10.1 Å². The molecule has 4 nitrogen and oxygen atoms in total. The Morgan fingerprint density at radius 3 is 2.60 bits per heavy atom. The molecule has 0 saturated heterocycles. The van der Waals surface area contributed by atoms with Crippen LogP contribution >= 0.6 is 0 Å². The first kappa shape index (κ1) is 12.4. The molecule has 0 fully saturated rings. The van der Waals surface area contributed by atoms with Gasteiger partial charge in [0, 0.05) is 11.3 Å². The van der Waals surface area contributed by atoms with Gasteiger partial charge in [-0.1, -0.05) is 41.6 Å². The van der Waals surface area contributed by atoms with Crippen LogP contribution in [0, 0.1) is 6.92 Å². The monoisotopic (exact) mass is 265 g/mol. The van der Waals surface area contributed by atoms with E-state index in [1.165, 1.54) is 11.1 Å². The Kier molecular flexibility index (Phi) is 3.21. The molecule has 3 rings (SSSR count). The smallest absolute Gasteiger partial charge is 0.231 e. The van der Waals surface area contributed by atoms with Crippen molar-refractivity contribution in [3.05, 3.63) is 65.5 Å². The second-order valence-electron chi connectivity index (χ2n) is 4.70. The Hall–Kier alpha value is -2.62. The van der Waals surface area contributed by atoms with E-state index in [4.69, 9.17) is 10.3 Å². The summed E-state index contributed by atoms with van der Waals surface area (Å²) in [7, 11) is 0. The van der Waals surface area contributed by atoms with Crippen molar-refractivity contribution in [2.75, 3.05) is 5.73 Å². The van der Waals surface area contributed by atoms with Gasteiger partial charge in [0.1, 0.15) is 0 Å². The van der Waals surface area contributed by atoms with Crippen molar-refractivity contribution in [3.63, 3.8) is 0 Å². The second kappa shape index (κ2) is 5.17. The van der Waals surface area contributed by atoms with Crippen LogP contribution in [0.1, 0.15) is 17.0 Å². The number of nitrogen functional groups attached to an aromatic ring is 1. The van der Waals surface area contributed by atoms with Crippen LogP contribution in [0.3, 0.4) is 0 Å². The van der Waals surface area contributed by atoms with Gasteiger partial charge in [0.05, 0.1) is 6.42 Å². The summed E-state index contributed by atoms with van der Waals surface area (Å²) < 4.78 is 5.32. The molecular formula is C16H15N3O. The highest BCUT2D eigenvalue weighted by Gasteiger charge is 2.11. The maximum atomic E-state index is 5.92. The molecule has 0 aliphatic carbocycles. The molecule has 2 aromatic carbocycles. The molecule has 20 heavy (non-hydrogen) atoms. The molecule has 4 heteroatoms. The number of benzene rings is 2. The molecule has 2 N–H and O–H groups in total. The van der Waals surface area contributed by atoms with E-state index in [1.54, 1.807) is 0 Å². The number of rotatable bonds is 3. The fourth-order valence-corrected chi connectivity index (χ4v) is 2.11. The summed E-state index contributed by atoms with van der Waals surface area (Å²) in [5.74, 6) is 1.13. The van der Waals surface area contributed by atoms with Gasteiger partial charge in [-0.25, -0.2) is 0 Å². The number of hydrogen-bond acceptors (Lipinski definition) is 4. The van der Waals surface area contributed by atoms with Crippen molar-refractivity contribution < 1.29 is 4.52 Å². The van der Waals surface area contributed by atoms with E-state index in [2.05, 4.69) is 29.2 Å². The van der Waals surface area contributed by atoms with Crippen LogP contribution in [0.4, 0.5) is 5.69 Å². The summed E-state index contributed by atoms with van der Waals surface area (Å²) in [6.07, 6.45) is 0.631. The zero-order chi connectivity index (χ0) is 13.9. The molecule has 100 valence electrons. The third kappa shape index (κ3) is 2.40. The van der Waals surface area contributed by atoms with Crippen LogP contribution in [0.5, 0.6) is 0 Å². The summed E-state index contributed by atoms with van der Waals surface area (Å²) in [5.41, 5.74) is 9.76. The van der Waals surface area contributed by atoms with Crippen molar-refractivity contribution in [1.29, 1.82) is 0 Å². The number of para-hydroxylation sites is 1. The van der Waals surface area contributed by atoms with Crippen LogP contribution < -0.4 is 5.73 Å². The average Bonchev–Trinajstić information content (AvgIpc) is 2.90. The van der Waals surface area contributed by atoms with E-state index in [1.807, 2.05) is 36.4 Å². The van der Waals surface area contributed by atoms with Gasteiger partial charge in [0.15, 0.2) is 0 Å².